The highest BCUT2D eigenvalue weighted by molar-refractivity contribution is 9.10. The minimum atomic E-state index is 0.478. The Kier molecular flexibility index (Phi) is 3.96. The third-order valence-corrected chi connectivity index (χ3v) is 4.06. The van der Waals surface area contributed by atoms with Crippen LogP contribution >= 0.6 is 15.9 Å². The average Bonchev–Trinajstić information content (AvgIpc) is 3.20. The predicted octanol–water partition coefficient (Wildman–Crippen LogP) is 4.24. The zero-order valence-corrected chi connectivity index (χ0v) is 14.2. The molecule has 0 amide bonds. The molecule has 0 aliphatic rings. The first-order valence-electron chi connectivity index (χ1n) is 7.45. The Bertz CT molecular complexity index is 1020. The summed E-state index contributed by atoms with van der Waals surface area (Å²) in [7, 11) is 0. The molecular weight excluding hydrogens is 368 g/mol. The van der Waals surface area contributed by atoms with Crippen LogP contribution in [0, 0.1) is 0 Å². The lowest BCUT2D eigenvalue weighted by molar-refractivity contribution is 0.496. The topological polar surface area (TPSA) is 56.2 Å². The average molecular weight is 381 g/mol. The number of hydrogen-bond donors (Lipinski definition) is 0. The molecule has 6 heteroatoms. The summed E-state index contributed by atoms with van der Waals surface area (Å²) in [4.78, 5) is 4.34. The highest BCUT2D eigenvalue weighted by Crippen LogP contribution is 2.16. The molecular formula is C18H13BrN4O. The first kappa shape index (κ1) is 14.8. The van der Waals surface area contributed by atoms with E-state index in [1.54, 1.807) is 6.08 Å². The van der Waals surface area contributed by atoms with Crippen LogP contribution in [0.15, 0.2) is 63.7 Å². The maximum absolute atomic E-state index is 5.68. The van der Waals surface area contributed by atoms with Crippen LogP contribution < -0.4 is 0 Å². The number of fused-ring (bicyclic) bond motifs is 1. The Morgan fingerprint density at radius 1 is 1.08 bits per heavy atom. The lowest BCUT2D eigenvalue weighted by Crippen LogP contribution is -1.87. The molecule has 1 aromatic carbocycles. The Balaban J connectivity index is 1.52. The van der Waals surface area contributed by atoms with Gasteiger partial charge >= 0.3 is 0 Å². The van der Waals surface area contributed by atoms with Crippen LogP contribution in [-0.4, -0.2) is 19.6 Å². The van der Waals surface area contributed by atoms with Crippen LogP contribution in [0.4, 0.5) is 0 Å². The second-order valence-corrected chi connectivity index (χ2v) is 6.20. The lowest BCUT2D eigenvalue weighted by Gasteiger charge is -1.97. The molecule has 0 unspecified atom stereocenters. The standard InChI is InChI=1S/C18H13BrN4O/c19-14-5-3-4-13(10-14)11-18-22-21-17(24-18)8-7-15-12-20-16-6-1-2-9-23(15)16/h1-10,12H,11H2/b8-7+. The summed E-state index contributed by atoms with van der Waals surface area (Å²) >= 11 is 3.46. The van der Waals surface area contributed by atoms with E-state index in [1.807, 2.05) is 65.3 Å². The third-order valence-electron chi connectivity index (χ3n) is 3.57. The number of aromatic nitrogens is 4. The largest absolute Gasteiger partial charge is 0.421 e. The number of halogens is 1. The van der Waals surface area contributed by atoms with E-state index in [2.05, 4.69) is 31.1 Å². The Labute approximate surface area is 146 Å². The van der Waals surface area contributed by atoms with Crippen LogP contribution in [0.2, 0.25) is 0 Å². The number of imidazole rings is 1. The van der Waals surface area contributed by atoms with Crippen LogP contribution in [0.5, 0.6) is 0 Å². The fourth-order valence-electron chi connectivity index (χ4n) is 2.46. The Morgan fingerprint density at radius 2 is 2.04 bits per heavy atom. The van der Waals surface area contributed by atoms with Crippen molar-refractivity contribution in [1.29, 1.82) is 0 Å². The molecule has 0 N–H and O–H groups in total. The molecule has 0 aliphatic carbocycles. The van der Waals surface area contributed by atoms with Crippen LogP contribution in [0.1, 0.15) is 23.0 Å². The van der Waals surface area contributed by atoms with E-state index in [9.17, 15) is 0 Å². The fourth-order valence-corrected chi connectivity index (χ4v) is 2.91. The molecule has 118 valence electrons. The van der Waals surface area contributed by atoms with E-state index >= 15 is 0 Å². The molecule has 4 aromatic rings. The molecule has 3 aromatic heterocycles. The normalized spacial score (nSPS) is 11.5. The predicted molar refractivity (Wildman–Crippen MR) is 95.4 cm³/mol. The Morgan fingerprint density at radius 3 is 2.96 bits per heavy atom. The molecule has 0 radical (unpaired) electrons. The summed E-state index contributed by atoms with van der Waals surface area (Å²) in [5.41, 5.74) is 2.97. The monoisotopic (exact) mass is 380 g/mol. The van der Waals surface area contributed by atoms with Gasteiger partial charge < -0.3 is 8.82 Å². The van der Waals surface area contributed by atoms with E-state index in [4.69, 9.17) is 4.42 Å². The Hall–Kier alpha value is -2.73. The highest BCUT2D eigenvalue weighted by atomic mass is 79.9. The van der Waals surface area contributed by atoms with Crippen LogP contribution in [0.3, 0.4) is 0 Å². The van der Waals surface area contributed by atoms with Crippen molar-refractivity contribution in [3.63, 3.8) is 0 Å². The number of hydrogen-bond acceptors (Lipinski definition) is 4. The van der Waals surface area contributed by atoms with Gasteiger partial charge in [-0.05, 0) is 35.9 Å². The summed E-state index contributed by atoms with van der Waals surface area (Å²) in [5.74, 6) is 1.07. The number of pyridine rings is 1. The van der Waals surface area contributed by atoms with Crippen molar-refractivity contribution >= 4 is 33.7 Å². The van der Waals surface area contributed by atoms with Crippen molar-refractivity contribution < 1.29 is 4.42 Å². The molecule has 3 heterocycles. The van der Waals surface area contributed by atoms with E-state index in [1.165, 1.54) is 0 Å². The summed E-state index contributed by atoms with van der Waals surface area (Å²) in [6.07, 6.45) is 8.10. The number of rotatable bonds is 4. The molecule has 0 saturated heterocycles. The van der Waals surface area contributed by atoms with E-state index in [0.29, 0.717) is 18.2 Å². The summed E-state index contributed by atoms with van der Waals surface area (Å²) in [5, 5.41) is 8.17. The first-order chi connectivity index (χ1) is 11.8. The van der Waals surface area contributed by atoms with Gasteiger partial charge in [-0.3, -0.25) is 0 Å². The first-order valence-corrected chi connectivity index (χ1v) is 8.24. The van der Waals surface area contributed by atoms with Gasteiger partial charge in [-0.1, -0.05) is 34.1 Å². The van der Waals surface area contributed by atoms with Crippen LogP contribution in [0.25, 0.3) is 17.8 Å². The van der Waals surface area contributed by atoms with E-state index in [-0.39, 0.29) is 0 Å². The van der Waals surface area contributed by atoms with Crippen molar-refractivity contribution in [2.75, 3.05) is 0 Å². The van der Waals surface area contributed by atoms with Crippen LogP contribution in [-0.2, 0) is 6.42 Å². The lowest BCUT2D eigenvalue weighted by atomic mass is 10.1. The maximum atomic E-state index is 5.68. The smallest absolute Gasteiger partial charge is 0.240 e. The van der Waals surface area contributed by atoms with E-state index < -0.39 is 0 Å². The fraction of sp³-hybridized carbons (Fsp3) is 0.0556. The molecule has 5 nitrogen and oxygen atoms in total. The molecule has 0 bridgehead atoms. The van der Waals surface area contributed by atoms with Gasteiger partial charge in [0.25, 0.3) is 0 Å². The second-order valence-electron chi connectivity index (χ2n) is 5.29. The van der Waals surface area contributed by atoms with Gasteiger partial charge in [0.1, 0.15) is 5.65 Å². The molecule has 0 spiro atoms. The minimum absolute atomic E-state index is 0.478. The van der Waals surface area contributed by atoms with E-state index in [0.717, 1.165) is 21.4 Å². The minimum Gasteiger partial charge on any atom is -0.421 e. The number of nitrogens with zero attached hydrogens (tertiary/aromatic N) is 4. The molecule has 0 atom stereocenters. The van der Waals surface area contributed by atoms with Gasteiger partial charge in [0, 0.05) is 16.7 Å². The van der Waals surface area contributed by atoms with Gasteiger partial charge in [-0.25, -0.2) is 4.98 Å². The SMILES string of the molecule is Brc1cccc(Cc2nnc(/C=C/c3cnc4ccccn34)o2)c1. The van der Waals surface area contributed by atoms with Gasteiger partial charge in [0.15, 0.2) is 0 Å². The summed E-state index contributed by atoms with van der Waals surface area (Å²) in [6.45, 7) is 0. The van der Waals surface area contributed by atoms with Crippen molar-refractivity contribution in [3.8, 4) is 0 Å². The quantitative estimate of drug-likeness (QED) is 0.531. The van der Waals surface area contributed by atoms with Crippen molar-refractivity contribution in [2.45, 2.75) is 6.42 Å². The molecule has 24 heavy (non-hydrogen) atoms. The molecule has 0 aliphatic heterocycles. The second kappa shape index (κ2) is 6.41. The van der Waals surface area contributed by atoms with Crippen molar-refractivity contribution in [1.82, 2.24) is 19.6 Å². The van der Waals surface area contributed by atoms with Gasteiger partial charge in [0.05, 0.1) is 18.3 Å². The summed E-state index contributed by atoms with van der Waals surface area (Å²) < 4.78 is 8.71. The zero-order chi connectivity index (χ0) is 16.4. The third kappa shape index (κ3) is 3.14. The molecule has 4 rings (SSSR count). The molecule has 0 saturated carbocycles. The van der Waals surface area contributed by atoms with Crippen molar-refractivity contribution in [3.05, 3.63) is 82.4 Å². The molecule has 0 fully saturated rings. The maximum Gasteiger partial charge on any atom is 0.240 e. The zero-order valence-electron chi connectivity index (χ0n) is 12.6. The number of benzene rings is 1. The van der Waals surface area contributed by atoms with Gasteiger partial charge in [0.2, 0.25) is 11.8 Å². The highest BCUT2D eigenvalue weighted by Gasteiger charge is 2.06. The van der Waals surface area contributed by atoms with Crippen molar-refractivity contribution in [2.24, 2.45) is 0 Å². The summed E-state index contributed by atoms with van der Waals surface area (Å²) in [6, 6.07) is 13.9. The van der Waals surface area contributed by atoms with Gasteiger partial charge in [-0.2, -0.15) is 0 Å². The van der Waals surface area contributed by atoms with Gasteiger partial charge in [-0.15, -0.1) is 10.2 Å².